The molecule has 0 aliphatic carbocycles. The average Bonchev–Trinajstić information content (AvgIpc) is 3.00. The number of carbonyl (C=O) groups excluding carboxylic acids is 1. The van der Waals surface area contributed by atoms with Gasteiger partial charge in [-0.05, 0) is 61.2 Å². The monoisotopic (exact) mass is 326 g/mol. The Bertz CT molecular complexity index is 759. The predicted molar refractivity (Wildman–Crippen MR) is 94.8 cm³/mol. The van der Waals surface area contributed by atoms with Crippen molar-refractivity contribution in [1.82, 2.24) is 0 Å². The zero-order valence-corrected chi connectivity index (χ0v) is 13.7. The molecule has 1 amide bonds. The van der Waals surface area contributed by atoms with Crippen LogP contribution >= 0.6 is 11.6 Å². The highest BCUT2D eigenvalue weighted by Gasteiger charge is 2.23. The minimum Gasteiger partial charge on any atom is -0.341 e. The summed E-state index contributed by atoms with van der Waals surface area (Å²) in [5, 5.41) is 0.794. The molecule has 0 unspecified atom stereocenters. The van der Waals surface area contributed by atoms with E-state index in [1.54, 1.807) is 0 Å². The average molecular weight is 327 g/mol. The van der Waals surface area contributed by atoms with Gasteiger partial charge in [-0.1, -0.05) is 17.7 Å². The zero-order valence-electron chi connectivity index (χ0n) is 13.0. The van der Waals surface area contributed by atoms with E-state index in [4.69, 9.17) is 11.6 Å². The summed E-state index contributed by atoms with van der Waals surface area (Å²) in [6.07, 6.45) is 3.79. The third-order valence-electron chi connectivity index (χ3n) is 4.69. The first kappa shape index (κ1) is 14.6. The lowest BCUT2D eigenvalue weighted by molar-refractivity contribution is -0.117. The molecule has 3 nitrogen and oxygen atoms in total. The molecule has 0 bridgehead atoms. The Balaban J connectivity index is 1.71. The largest absolute Gasteiger partial charge is 0.341 e. The van der Waals surface area contributed by atoms with E-state index < -0.39 is 0 Å². The van der Waals surface area contributed by atoms with Crippen LogP contribution in [0.5, 0.6) is 0 Å². The fraction of sp³-hybridized carbons (Fsp3) is 0.316. The van der Waals surface area contributed by atoms with Crippen molar-refractivity contribution in [3.05, 3.63) is 53.1 Å². The molecular formula is C19H19ClN2O. The van der Waals surface area contributed by atoms with Crippen LogP contribution in [-0.4, -0.2) is 19.0 Å². The second-order valence-corrected chi connectivity index (χ2v) is 6.63. The molecule has 0 N–H and O–H groups in total. The van der Waals surface area contributed by atoms with Gasteiger partial charge >= 0.3 is 0 Å². The van der Waals surface area contributed by atoms with Gasteiger partial charge in [-0.2, -0.15) is 0 Å². The number of halogens is 1. The molecule has 2 heterocycles. The fourth-order valence-corrected chi connectivity index (χ4v) is 3.78. The summed E-state index contributed by atoms with van der Waals surface area (Å²) in [7, 11) is 0. The number of benzene rings is 2. The molecule has 4 heteroatoms. The highest BCUT2D eigenvalue weighted by Crippen LogP contribution is 2.36. The van der Waals surface area contributed by atoms with E-state index in [1.807, 2.05) is 23.1 Å². The van der Waals surface area contributed by atoms with Crippen LogP contribution in [0.15, 0.2) is 42.5 Å². The summed E-state index contributed by atoms with van der Waals surface area (Å²) in [5.41, 5.74) is 4.67. The molecule has 0 radical (unpaired) electrons. The fourth-order valence-electron chi connectivity index (χ4n) is 3.58. The number of nitrogens with zero attached hydrogens (tertiary/aromatic N) is 2. The first-order valence-corrected chi connectivity index (χ1v) is 8.56. The van der Waals surface area contributed by atoms with Crippen molar-refractivity contribution in [3.8, 4) is 0 Å². The van der Waals surface area contributed by atoms with Crippen LogP contribution in [-0.2, 0) is 11.2 Å². The van der Waals surface area contributed by atoms with Gasteiger partial charge < -0.3 is 9.80 Å². The van der Waals surface area contributed by atoms with Gasteiger partial charge in [0.25, 0.3) is 0 Å². The molecule has 0 spiro atoms. The second-order valence-electron chi connectivity index (χ2n) is 6.20. The Morgan fingerprint density at radius 2 is 1.61 bits per heavy atom. The standard InChI is InChI=1S/C19H19ClN2O/c20-15-8-9-18-14(12-15)4-2-10-21(18)16-5-1-6-17(13-16)22-11-3-7-19(22)23/h1,5-6,8-9,12-13H,2-4,7,10-11H2. The molecule has 1 saturated heterocycles. The van der Waals surface area contributed by atoms with Crippen LogP contribution in [0, 0.1) is 0 Å². The molecule has 118 valence electrons. The number of rotatable bonds is 2. The van der Waals surface area contributed by atoms with Gasteiger partial charge in [-0.3, -0.25) is 4.79 Å². The van der Waals surface area contributed by atoms with E-state index in [9.17, 15) is 4.79 Å². The topological polar surface area (TPSA) is 23.6 Å². The quantitative estimate of drug-likeness (QED) is 0.808. The number of aryl methyl sites for hydroxylation is 1. The molecule has 1 fully saturated rings. The van der Waals surface area contributed by atoms with E-state index in [0.29, 0.717) is 6.42 Å². The lowest BCUT2D eigenvalue weighted by Crippen LogP contribution is -2.26. The van der Waals surface area contributed by atoms with Crippen molar-refractivity contribution in [2.24, 2.45) is 0 Å². The van der Waals surface area contributed by atoms with Crippen molar-refractivity contribution in [3.63, 3.8) is 0 Å². The highest BCUT2D eigenvalue weighted by molar-refractivity contribution is 6.30. The zero-order chi connectivity index (χ0) is 15.8. The van der Waals surface area contributed by atoms with E-state index >= 15 is 0 Å². The van der Waals surface area contributed by atoms with Gasteiger partial charge in [0.15, 0.2) is 0 Å². The maximum atomic E-state index is 12.0. The van der Waals surface area contributed by atoms with E-state index in [-0.39, 0.29) is 5.91 Å². The van der Waals surface area contributed by atoms with E-state index in [0.717, 1.165) is 48.7 Å². The number of amides is 1. The van der Waals surface area contributed by atoms with Crippen LogP contribution in [0.3, 0.4) is 0 Å². The number of anilines is 3. The third kappa shape index (κ3) is 2.70. The summed E-state index contributed by atoms with van der Waals surface area (Å²) < 4.78 is 0. The summed E-state index contributed by atoms with van der Waals surface area (Å²) in [6.45, 7) is 1.82. The van der Waals surface area contributed by atoms with E-state index in [2.05, 4.69) is 29.2 Å². The van der Waals surface area contributed by atoms with Gasteiger partial charge in [0.05, 0.1) is 0 Å². The molecule has 2 aliphatic heterocycles. The van der Waals surface area contributed by atoms with E-state index in [1.165, 1.54) is 11.3 Å². The molecule has 2 aromatic carbocycles. The van der Waals surface area contributed by atoms with Crippen LogP contribution in [0.25, 0.3) is 0 Å². The summed E-state index contributed by atoms with van der Waals surface area (Å²) in [4.78, 5) is 16.2. The Morgan fingerprint density at radius 3 is 2.39 bits per heavy atom. The highest BCUT2D eigenvalue weighted by atomic mass is 35.5. The Morgan fingerprint density at radius 1 is 0.870 bits per heavy atom. The maximum Gasteiger partial charge on any atom is 0.227 e. The molecular weight excluding hydrogens is 308 g/mol. The van der Waals surface area contributed by atoms with Crippen molar-refractivity contribution >= 4 is 34.6 Å². The molecule has 4 rings (SSSR count). The Kier molecular flexibility index (Phi) is 3.74. The van der Waals surface area contributed by atoms with Crippen LogP contribution in [0.1, 0.15) is 24.8 Å². The number of fused-ring (bicyclic) bond motifs is 1. The Hall–Kier alpha value is -2.00. The minimum absolute atomic E-state index is 0.230. The number of carbonyl (C=O) groups is 1. The second kappa shape index (κ2) is 5.89. The first-order valence-electron chi connectivity index (χ1n) is 8.19. The molecule has 0 aromatic heterocycles. The molecule has 0 saturated carbocycles. The van der Waals surface area contributed by atoms with Gasteiger partial charge in [0.1, 0.15) is 0 Å². The Labute approximate surface area is 141 Å². The van der Waals surface area contributed by atoms with Gasteiger partial charge in [0, 0.05) is 41.6 Å². The van der Waals surface area contributed by atoms with Crippen molar-refractivity contribution in [2.45, 2.75) is 25.7 Å². The summed E-state index contributed by atoms with van der Waals surface area (Å²) in [6, 6.07) is 14.4. The predicted octanol–water partition coefficient (Wildman–Crippen LogP) is 4.55. The molecule has 2 aliphatic rings. The molecule has 23 heavy (non-hydrogen) atoms. The number of hydrogen-bond acceptors (Lipinski definition) is 2. The van der Waals surface area contributed by atoms with Gasteiger partial charge in [-0.15, -0.1) is 0 Å². The van der Waals surface area contributed by atoms with Crippen molar-refractivity contribution < 1.29 is 4.79 Å². The third-order valence-corrected chi connectivity index (χ3v) is 4.92. The minimum atomic E-state index is 0.230. The van der Waals surface area contributed by atoms with Crippen molar-refractivity contribution in [2.75, 3.05) is 22.9 Å². The molecule has 2 aromatic rings. The first-order chi connectivity index (χ1) is 11.2. The van der Waals surface area contributed by atoms with Gasteiger partial charge in [-0.25, -0.2) is 0 Å². The van der Waals surface area contributed by atoms with Crippen LogP contribution in [0.2, 0.25) is 5.02 Å². The molecule has 0 atom stereocenters. The van der Waals surface area contributed by atoms with Gasteiger partial charge in [0.2, 0.25) is 5.91 Å². The summed E-state index contributed by atoms with van der Waals surface area (Å²) in [5.74, 6) is 0.230. The smallest absolute Gasteiger partial charge is 0.227 e. The maximum absolute atomic E-state index is 12.0. The van der Waals surface area contributed by atoms with Crippen LogP contribution in [0.4, 0.5) is 17.1 Å². The lowest BCUT2D eigenvalue weighted by atomic mass is 10.0. The number of hydrogen-bond donors (Lipinski definition) is 0. The normalized spacial score (nSPS) is 17.5. The van der Waals surface area contributed by atoms with Crippen LogP contribution < -0.4 is 9.80 Å². The SMILES string of the molecule is O=C1CCCN1c1cccc(N2CCCc3cc(Cl)ccc32)c1. The van der Waals surface area contributed by atoms with Crippen molar-refractivity contribution in [1.29, 1.82) is 0 Å². The summed E-state index contributed by atoms with van der Waals surface area (Å²) >= 11 is 6.14. The lowest BCUT2D eigenvalue weighted by Gasteiger charge is -2.32.